The predicted molar refractivity (Wildman–Crippen MR) is 100 cm³/mol. The molecule has 1 heterocycles. The highest BCUT2D eigenvalue weighted by Gasteiger charge is 2.23. The van der Waals surface area contributed by atoms with E-state index in [2.05, 4.69) is 10.3 Å². The Balaban J connectivity index is 2.06. The SMILES string of the molecule is CCOCCCNc1ccc(S(=O)(=O)N(CC)c2ccccc2)cn1. The Morgan fingerprint density at radius 1 is 1.12 bits per heavy atom. The van der Waals surface area contributed by atoms with Crippen LogP contribution in [0.1, 0.15) is 20.3 Å². The van der Waals surface area contributed by atoms with Crippen molar-refractivity contribution in [3.8, 4) is 0 Å². The van der Waals surface area contributed by atoms with Crippen LogP contribution >= 0.6 is 0 Å². The van der Waals surface area contributed by atoms with Crippen molar-refractivity contribution in [3.63, 3.8) is 0 Å². The standard InChI is InChI=1S/C18H25N3O3S/c1-3-21(16-9-6-5-7-10-16)25(22,23)17-11-12-18(20-15-17)19-13-8-14-24-4-2/h5-7,9-12,15H,3-4,8,13-14H2,1-2H3,(H,19,20). The van der Waals surface area contributed by atoms with Gasteiger partial charge in [0, 0.05) is 32.5 Å². The lowest BCUT2D eigenvalue weighted by Crippen LogP contribution is -2.30. The topological polar surface area (TPSA) is 71.5 Å². The molecular weight excluding hydrogens is 338 g/mol. The van der Waals surface area contributed by atoms with Crippen LogP contribution in [-0.2, 0) is 14.8 Å². The van der Waals surface area contributed by atoms with Gasteiger partial charge in [-0.15, -0.1) is 0 Å². The van der Waals surface area contributed by atoms with Gasteiger partial charge >= 0.3 is 0 Å². The number of nitrogens with zero attached hydrogens (tertiary/aromatic N) is 2. The monoisotopic (exact) mass is 363 g/mol. The fourth-order valence-corrected chi connectivity index (χ4v) is 3.80. The van der Waals surface area contributed by atoms with Crippen LogP contribution in [0.3, 0.4) is 0 Å². The van der Waals surface area contributed by atoms with E-state index in [4.69, 9.17) is 4.74 Å². The van der Waals surface area contributed by atoms with E-state index in [1.165, 1.54) is 10.5 Å². The Morgan fingerprint density at radius 2 is 1.88 bits per heavy atom. The molecule has 0 bridgehead atoms. The zero-order chi connectivity index (χ0) is 18.1. The summed E-state index contributed by atoms with van der Waals surface area (Å²) in [6, 6.07) is 12.3. The first-order valence-corrected chi connectivity index (χ1v) is 9.89. The van der Waals surface area contributed by atoms with Crippen LogP contribution in [0.5, 0.6) is 0 Å². The van der Waals surface area contributed by atoms with Crippen molar-refractivity contribution >= 4 is 21.5 Å². The van der Waals surface area contributed by atoms with Gasteiger partial charge in [-0.2, -0.15) is 0 Å². The summed E-state index contributed by atoms with van der Waals surface area (Å²) in [6.45, 7) is 6.25. The highest BCUT2D eigenvalue weighted by Crippen LogP contribution is 2.23. The Kier molecular flexibility index (Phi) is 7.21. The highest BCUT2D eigenvalue weighted by molar-refractivity contribution is 7.92. The Labute approximate surface area is 149 Å². The molecule has 0 saturated carbocycles. The highest BCUT2D eigenvalue weighted by atomic mass is 32.2. The summed E-state index contributed by atoms with van der Waals surface area (Å²) >= 11 is 0. The lowest BCUT2D eigenvalue weighted by atomic mass is 10.3. The van der Waals surface area contributed by atoms with Crippen LogP contribution in [0.15, 0.2) is 53.6 Å². The fourth-order valence-electron chi connectivity index (χ4n) is 2.39. The molecule has 0 aliphatic rings. The molecule has 136 valence electrons. The molecular formula is C18H25N3O3S. The van der Waals surface area contributed by atoms with Gasteiger partial charge in [0.05, 0.1) is 5.69 Å². The third kappa shape index (κ3) is 5.17. The fraction of sp³-hybridized carbons (Fsp3) is 0.389. The number of hydrogen-bond acceptors (Lipinski definition) is 5. The van der Waals surface area contributed by atoms with Gasteiger partial charge in [-0.05, 0) is 44.5 Å². The number of sulfonamides is 1. The Morgan fingerprint density at radius 3 is 2.48 bits per heavy atom. The maximum absolute atomic E-state index is 12.9. The Bertz CT molecular complexity index is 734. The van der Waals surface area contributed by atoms with Crippen molar-refractivity contribution in [1.29, 1.82) is 0 Å². The van der Waals surface area contributed by atoms with Crippen molar-refractivity contribution in [2.45, 2.75) is 25.2 Å². The second kappa shape index (κ2) is 9.39. The summed E-state index contributed by atoms with van der Waals surface area (Å²) in [5, 5.41) is 3.16. The largest absolute Gasteiger partial charge is 0.382 e. The van der Waals surface area contributed by atoms with Gasteiger partial charge in [-0.25, -0.2) is 13.4 Å². The third-order valence-electron chi connectivity index (χ3n) is 3.63. The Hall–Kier alpha value is -2.12. The maximum Gasteiger partial charge on any atom is 0.265 e. The van der Waals surface area contributed by atoms with Crippen LogP contribution in [0, 0.1) is 0 Å². The lowest BCUT2D eigenvalue weighted by molar-refractivity contribution is 0.147. The van der Waals surface area contributed by atoms with E-state index in [9.17, 15) is 8.42 Å². The molecule has 1 aromatic heterocycles. The average Bonchev–Trinajstić information content (AvgIpc) is 2.63. The van der Waals surface area contributed by atoms with E-state index < -0.39 is 10.0 Å². The molecule has 0 unspecified atom stereocenters. The molecule has 0 aliphatic heterocycles. The van der Waals surface area contributed by atoms with Gasteiger partial charge in [-0.3, -0.25) is 4.31 Å². The van der Waals surface area contributed by atoms with Crippen LogP contribution in [0.2, 0.25) is 0 Å². The van der Waals surface area contributed by atoms with Crippen molar-refractivity contribution in [3.05, 3.63) is 48.7 Å². The molecule has 0 radical (unpaired) electrons. The molecule has 1 N–H and O–H groups in total. The van der Waals surface area contributed by atoms with Crippen LogP contribution in [0.25, 0.3) is 0 Å². The molecule has 1 aromatic carbocycles. The van der Waals surface area contributed by atoms with E-state index in [-0.39, 0.29) is 4.90 Å². The molecule has 25 heavy (non-hydrogen) atoms. The van der Waals surface area contributed by atoms with E-state index >= 15 is 0 Å². The van der Waals surface area contributed by atoms with Gasteiger partial charge in [0.1, 0.15) is 10.7 Å². The number of aromatic nitrogens is 1. The first-order valence-electron chi connectivity index (χ1n) is 8.45. The van der Waals surface area contributed by atoms with Gasteiger partial charge in [0.2, 0.25) is 0 Å². The summed E-state index contributed by atoms with van der Waals surface area (Å²) in [5.74, 6) is 0.651. The summed E-state index contributed by atoms with van der Waals surface area (Å²) in [7, 11) is -3.63. The summed E-state index contributed by atoms with van der Waals surface area (Å²) < 4.78 is 32.4. The van der Waals surface area contributed by atoms with Crippen LogP contribution < -0.4 is 9.62 Å². The van der Waals surface area contributed by atoms with E-state index in [1.807, 2.05) is 32.0 Å². The zero-order valence-corrected chi connectivity index (χ0v) is 15.5. The second-order valence-electron chi connectivity index (χ2n) is 5.36. The number of anilines is 2. The van der Waals surface area contributed by atoms with E-state index in [0.29, 0.717) is 31.3 Å². The molecule has 6 nitrogen and oxygen atoms in total. The summed E-state index contributed by atoms with van der Waals surface area (Å²) in [5.41, 5.74) is 0.642. The van der Waals surface area contributed by atoms with Crippen molar-refractivity contribution in [2.75, 3.05) is 35.9 Å². The molecule has 0 spiro atoms. The van der Waals surface area contributed by atoms with Crippen LogP contribution in [0.4, 0.5) is 11.5 Å². The molecule has 0 fully saturated rings. The molecule has 0 amide bonds. The number of ether oxygens (including phenoxy) is 1. The first kappa shape index (κ1) is 19.2. The summed E-state index contributed by atoms with van der Waals surface area (Å²) in [6.07, 6.45) is 2.26. The van der Waals surface area contributed by atoms with Crippen molar-refractivity contribution in [1.82, 2.24) is 4.98 Å². The smallest absolute Gasteiger partial charge is 0.265 e. The molecule has 2 aromatic rings. The van der Waals surface area contributed by atoms with Gasteiger partial charge in [0.25, 0.3) is 10.0 Å². The second-order valence-corrected chi connectivity index (χ2v) is 7.22. The number of pyridine rings is 1. The lowest BCUT2D eigenvalue weighted by Gasteiger charge is -2.22. The normalized spacial score (nSPS) is 11.3. The van der Waals surface area contributed by atoms with Gasteiger partial charge in [-0.1, -0.05) is 18.2 Å². The third-order valence-corrected chi connectivity index (χ3v) is 5.52. The molecule has 0 aliphatic carbocycles. The summed E-state index contributed by atoms with van der Waals surface area (Å²) in [4.78, 5) is 4.39. The predicted octanol–water partition coefficient (Wildman–Crippen LogP) is 3.14. The minimum atomic E-state index is -3.63. The zero-order valence-electron chi connectivity index (χ0n) is 14.7. The number of nitrogens with one attached hydrogen (secondary N) is 1. The number of para-hydroxylation sites is 1. The van der Waals surface area contributed by atoms with E-state index in [0.717, 1.165) is 13.0 Å². The average molecular weight is 363 g/mol. The quantitative estimate of drug-likeness (QED) is 0.657. The van der Waals surface area contributed by atoms with E-state index in [1.54, 1.807) is 24.3 Å². The molecule has 7 heteroatoms. The maximum atomic E-state index is 12.9. The number of rotatable bonds is 10. The molecule has 0 atom stereocenters. The number of hydrogen-bond donors (Lipinski definition) is 1. The van der Waals surface area contributed by atoms with Gasteiger partial charge in [0.15, 0.2) is 0 Å². The molecule has 0 saturated heterocycles. The minimum absolute atomic E-state index is 0.179. The minimum Gasteiger partial charge on any atom is -0.382 e. The van der Waals surface area contributed by atoms with Crippen molar-refractivity contribution < 1.29 is 13.2 Å². The van der Waals surface area contributed by atoms with Crippen LogP contribution in [-0.4, -0.2) is 39.7 Å². The first-order chi connectivity index (χ1) is 12.1. The van der Waals surface area contributed by atoms with Gasteiger partial charge < -0.3 is 10.1 Å². The molecule has 2 rings (SSSR count). The number of benzene rings is 1. The van der Waals surface area contributed by atoms with Crippen molar-refractivity contribution in [2.24, 2.45) is 0 Å².